The number of rotatable bonds is 10. The lowest BCUT2D eigenvalue weighted by Gasteiger charge is -2.50. The summed E-state index contributed by atoms with van der Waals surface area (Å²) >= 11 is 0. The van der Waals surface area contributed by atoms with Crippen molar-refractivity contribution in [2.24, 2.45) is 39.2 Å². The van der Waals surface area contributed by atoms with Gasteiger partial charge in [0.15, 0.2) is 0 Å². The van der Waals surface area contributed by atoms with Gasteiger partial charge in [-0.05, 0) is 92.3 Å². The van der Waals surface area contributed by atoms with E-state index in [9.17, 15) is 0 Å². The maximum atomic E-state index is 6.40. The van der Waals surface area contributed by atoms with Crippen molar-refractivity contribution >= 4 is 0 Å². The van der Waals surface area contributed by atoms with Gasteiger partial charge in [0, 0.05) is 5.54 Å². The molecule has 0 saturated heterocycles. The van der Waals surface area contributed by atoms with Gasteiger partial charge in [0.05, 0.1) is 0 Å². The van der Waals surface area contributed by atoms with Gasteiger partial charge in [0.1, 0.15) is 0 Å². The minimum atomic E-state index is -0.0631. The molecule has 30 heavy (non-hydrogen) atoms. The third-order valence-corrected chi connectivity index (χ3v) is 9.45. The molecule has 1 unspecified atom stereocenters. The molecular weight excluding hydrogens is 362 g/mol. The normalized spacial score (nSPS) is 24.8. The van der Waals surface area contributed by atoms with Crippen LogP contribution in [0.5, 0.6) is 0 Å². The van der Waals surface area contributed by atoms with Crippen LogP contribution in [0.3, 0.4) is 0 Å². The van der Waals surface area contributed by atoms with Crippen LogP contribution in [-0.4, -0.2) is 5.54 Å². The molecule has 1 aliphatic rings. The second-order valence-electron chi connectivity index (χ2n) is 14.1. The topological polar surface area (TPSA) is 26.0 Å². The summed E-state index contributed by atoms with van der Waals surface area (Å²) in [7, 11) is 0. The quantitative estimate of drug-likeness (QED) is 0.373. The second kappa shape index (κ2) is 10.3. The van der Waals surface area contributed by atoms with Crippen LogP contribution < -0.4 is 5.73 Å². The van der Waals surface area contributed by atoms with Crippen molar-refractivity contribution in [3.63, 3.8) is 0 Å². The Morgan fingerprint density at radius 1 is 0.667 bits per heavy atom. The smallest absolute Gasteiger partial charge is 0.0102 e. The summed E-state index contributed by atoms with van der Waals surface area (Å²) in [6.45, 7) is 26.9. The Hall–Kier alpha value is -0.0400. The van der Waals surface area contributed by atoms with Crippen molar-refractivity contribution in [3.8, 4) is 0 Å². The zero-order valence-corrected chi connectivity index (χ0v) is 23.0. The SMILES string of the molecule is CCCC(C)(CC)C(C)(C)CC(C)(C)C1CCCC(C(C)(C)CC(C)(C)N)CCC1. The molecule has 0 aromatic heterocycles. The molecule has 1 rings (SSSR count). The molecule has 1 saturated carbocycles. The summed E-state index contributed by atoms with van der Waals surface area (Å²) in [6.07, 6.45) is 14.8. The van der Waals surface area contributed by atoms with Gasteiger partial charge in [-0.3, -0.25) is 0 Å². The van der Waals surface area contributed by atoms with Crippen LogP contribution in [0.15, 0.2) is 0 Å². The average molecular weight is 422 g/mol. The molecule has 180 valence electrons. The van der Waals surface area contributed by atoms with Crippen LogP contribution in [0, 0.1) is 33.5 Å². The molecule has 1 heteroatoms. The number of nitrogens with two attached hydrogens (primary N) is 1. The van der Waals surface area contributed by atoms with Gasteiger partial charge in [0.25, 0.3) is 0 Å². The Morgan fingerprint density at radius 3 is 1.40 bits per heavy atom. The van der Waals surface area contributed by atoms with Gasteiger partial charge in [-0.15, -0.1) is 0 Å². The lowest BCUT2D eigenvalue weighted by Crippen LogP contribution is -2.41. The Morgan fingerprint density at radius 2 is 1.07 bits per heavy atom. The molecule has 0 amide bonds. The van der Waals surface area contributed by atoms with Gasteiger partial charge < -0.3 is 5.73 Å². The molecule has 0 aromatic carbocycles. The van der Waals surface area contributed by atoms with Crippen molar-refractivity contribution in [2.45, 2.75) is 152 Å². The minimum absolute atomic E-state index is 0.0631. The summed E-state index contributed by atoms with van der Waals surface area (Å²) in [5.74, 6) is 1.70. The Kier molecular flexibility index (Phi) is 9.58. The van der Waals surface area contributed by atoms with Crippen LogP contribution in [0.1, 0.15) is 147 Å². The van der Waals surface area contributed by atoms with E-state index in [0.717, 1.165) is 18.3 Å². The molecule has 1 atom stereocenters. The van der Waals surface area contributed by atoms with E-state index in [2.05, 4.69) is 76.2 Å². The molecule has 1 nitrogen and oxygen atoms in total. The van der Waals surface area contributed by atoms with Crippen molar-refractivity contribution < 1.29 is 0 Å². The van der Waals surface area contributed by atoms with Gasteiger partial charge in [-0.25, -0.2) is 0 Å². The molecule has 0 aromatic rings. The first-order valence-electron chi connectivity index (χ1n) is 13.3. The first-order chi connectivity index (χ1) is 13.5. The molecule has 0 spiro atoms. The average Bonchev–Trinajstić information content (AvgIpc) is 2.50. The monoisotopic (exact) mass is 421 g/mol. The van der Waals surface area contributed by atoms with E-state index in [1.165, 1.54) is 64.2 Å². The fourth-order valence-electron chi connectivity index (χ4n) is 7.43. The van der Waals surface area contributed by atoms with Gasteiger partial charge in [-0.2, -0.15) is 0 Å². The highest BCUT2D eigenvalue weighted by atomic mass is 14.7. The van der Waals surface area contributed by atoms with Crippen LogP contribution in [0.2, 0.25) is 0 Å². The predicted octanol–water partition coefficient (Wildman–Crippen LogP) is 9.39. The predicted molar refractivity (Wildman–Crippen MR) is 137 cm³/mol. The standard InChI is InChI=1S/C29H59N/c1-12-20-29(11,13-2)27(7,8)21-25(3,4)23-16-14-18-24(19-15-17-23)26(5,6)22-28(9,10)30/h23-24H,12-22,30H2,1-11H3. The summed E-state index contributed by atoms with van der Waals surface area (Å²) in [4.78, 5) is 0. The second-order valence-corrected chi connectivity index (χ2v) is 14.1. The third-order valence-electron chi connectivity index (χ3n) is 9.45. The highest BCUT2D eigenvalue weighted by Crippen LogP contribution is 2.54. The molecule has 0 radical (unpaired) electrons. The first kappa shape index (κ1) is 28.0. The summed E-state index contributed by atoms with van der Waals surface area (Å²) in [5, 5.41) is 0. The molecule has 0 aliphatic heterocycles. The molecule has 0 heterocycles. The molecule has 2 N–H and O–H groups in total. The molecular formula is C29H59N. The minimum Gasteiger partial charge on any atom is -0.326 e. The first-order valence-corrected chi connectivity index (χ1v) is 13.3. The lowest BCUT2D eigenvalue weighted by molar-refractivity contribution is -0.00213. The summed E-state index contributed by atoms with van der Waals surface area (Å²) in [6, 6.07) is 0. The molecule has 1 fully saturated rings. The van der Waals surface area contributed by atoms with Gasteiger partial charge in [-0.1, -0.05) is 88.0 Å². The maximum Gasteiger partial charge on any atom is 0.0102 e. The lowest BCUT2D eigenvalue weighted by atomic mass is 9.55. The zero-order chi connectivity index (χ0) is 23.4. The van der Waals surface area contributed by atoms with E-state index in [-0.39, 0.29) is 5.54 Å². The Bertz CT molecular complexity index is 497. The summed E-state index contributed by atoms with van der Waals surface area (Å²) in [5.41, 5.74) is 7.96. The highest BCUT2D eigenvalue weighted by Gasteiger charge is 2.44. The number of hydrogen-bond acceptors (Lipinski definition) is 1. The fourth-order valence-corrected chi connectivity index (χ4v) is 7.43. The largest absolute Gasteiger partial charge is 0.326 e. The van der Waals surface area contributed by atoms with Crippen LogP contribution in [0.25, 0.3) is 0 Å². The highest BCUT2D eigenvalue weighted by molar-refractivity contribution is 4.95. The van der Waals surface area contributed by atoms with Crippen molar-refractivity contribution in [1.29, 1.82) is 0 Å². The third kappa shape index (κ3) is 7.53. The Labute approximate surface area is 191 Å². The van der Waals surface area contributed by atoms with Crippen molar-refractivity contribution in [1.82, 2.24) is 0 Å². The van der Waals surface area contributed by atoms with Crippen LogP contribution >= 0.6 is 0 Å². The number of hydrogen-bond donors (Lipinski definition) is 1. The van der Waals surface area contributed by atoms with Crippen LogP contribution in [-0.2, 0) is 0 Å². The van der Waals surface area contributed by atoms with E-state index >= 15 is 0 Å². The maximum absolute atomic E-state index is 6.40. The zero-order valence-electron chi connectivity index (χ0n) is 23.0. The van der Waals surface area contributed by atoms with E-state index in [4.69, 9.17) is 5.73 Å². The molecule has 1 aliphatic carbocycles. The van der Waals surface area contributed by atoms with E-state index in [1.54, 1.807) is 0 Å². The van der Waals surface area contributed by atoms with Crippen LogP contribution in [0.4, 0.5) is 0 Å². The Balaban J connectivity index is 2.82. The van der Waals surface area contributed by atoms with E-state index in [1.807, 2.05) is 0 Å². The van der Waals surface area contributed by atoms with Crippen molar-refractivity contribution in [3.05, 3.63) is 0 Å². The van der Waals surface area contributed by atoms with E-state index in [0.29, 0.717) is 21.7 Å². The fraction of sp³-hybridized carbons (Fsp3) is 1.00. The summed E-state index contributed by atoms with van der Waals surface area (Å²) < 4.78 is 0. The van der Waals surface area contributed by atoms with Gasteiger partial charge >= 0.3 is 0 Å². The van der Waals surface area contributed by atoms with E-state index < -0.39 is 0 Å². The van der Waals surface area contributed by atoms with Crippen molar-refractivity contribution in [2.75, 3.05) is 0 Å². The van der Waals surface area contributed by atoms with Gasteiger partial charge in [0.2, 0.25) is 0 Å². The molecule has 0 bridgehead atoms.